The molecule has 0 saturated carbocycles. The van der Waals surface area contributed by atoms with Crippen LogP contribution < -0.4 is 4.90 Å². The zero-order valence-electron chi connectivity index (χ0n) is 16.6. The Hall–Kier alpha value is -4.59. The highest BCUT2D eigenvalue weighted by molar-refractivity contribution is 6.51. The number of nitrogens with zero attached hydrogens (tertiary/aromatic N) is 2. The number of aliphatic hydroxyl groups excluding tert-OH is 1. The molecule has 1 unspecified atom stereocenters. The van der Waals surface area contributed by atoms with Gasteiger partial charge in [-0.05, 0) is 30.3 Å². The number of benzene rings is 2. The first-order valence-corrected chi connectivity index (χ1v) is 9.99. The molecule has 1 aliphatic heterocycles. The van der Waals surface area contributed by atoms with Gasteiger partial charge in [-0.25, -0.2) is 4.98 Å². The number of ketones is 1. The van der Waals surface area contributed by atoms with E-state index in [1.807, 2.05) is 42.5 Å². The van der Waals surface area contributed by atoms with Gasteiger partial charge in [0, 0.05) is 22.7 Å². The Labute approximate surface area is 180 Å². The van der Waals surface area contributed by atoms with Gasteiger partial charge in [0.1, 0.15) is 17.6 Å². The summed E-state index contributed by atoms with van der Waals surface area (Å²) in [5.41, 5.74) is 2.54. The number of furan rings is 1. The van der Waals surface area contributed by atoms with Gasteiger partial charge in [0.15, 0.2) is 0 Å². The van der Waals surface area contributed by atoms with E-state index in [9.17, 15) is 14.7 Å². The van der Waals surface area contributed by atoms with Crippen molar-refractivity contribution < 1.29 is 19.1 Å². The van der Waals surface area contributed by atoms with Gasteiger partial charge in [-0.15, -0.1) is 0 Å². The third-order valence-corrected chi connectivity index (χ3v) is 5.71. The summed E-state index contributed by atoms with van der Waals surface area (Å²) in [6.07, 6.45) is 3.08. The van der Waals surface area contributed by atoms with Gasteiger partial charge in [-0.1, -0.05) is 30.3 Å². The molecule has 32 heavy (non-hydrogen) atoms. The number of aromatic nitrogens is 3. The first-order valence-electron chi connectivity index (χ1n) is 9.99. The van der Waals surface area contributed by atoms with E-state index in [2.05, 4.69) is 15.0 Å². The van der Waals surface area contributed by atoms with Crippen molar-refractivity contribution in [2.24, 2.45) is 0 Å². The number of aromatic amines is 2. The summed E-state index contributed by atoms with van der Waals surface area (Å²) < 4.78 is 5.58. The Morgan fingerprint density at radius 3 is 2.56 bits per heavy atom. The monoisotopic (exact) mass is 424 g/mol. The van der Waals surface area contributed by atoms with E-state index in [4.69, 9.17) is 4.42 Å². The Bertz CT molecular complexity index is 1510. The van der Waals surface area contributed by atoms with Crippen LogP contribution in [0, 0.1) is 0 Å². The van der Waals surface area contributed by atoms with Gasteiger partial charge in [-0.3, -0.25) is 14.5 Å². The first kappa shape index (κ1) is 18.2. The van der Waals surface area contributed by atoms with E-state index in [-0.39, 0.29) is 17.3 Å². The van der Waals surface area contributed by atoms with Gasteiger partial charge >= 0.3 is 5.91 Å². The number of aliphatic hydroxyl groups is 1. The standard InChI is InChI=1S/C24H16N4O4/c29-21(14-12-25-15-7-2-1-6-13(14)15)19-20(18-10-5-11-32-18)28(23(31)22(19)30)24-26-16-8-3-4-9-17(16)27-24/h1-12,20,25,29H,(H,26,27)/b21-19+. The van der Waals surface area contributed by atoms with E-state index < -0.39 is 17.7 Å². The predicted octanol–water partition coefficient (Wildman–Crippen LogP) is 4.26. The number of fused-ring (bicyclic) bond motifs is 2. The molecule has 0 bridgehead atoms. The molecule has 0 spiro atoms. The summed E-state index contributed by atoms with van der Waals surface area (Å²) in [6, 6.07) is 17.1. The molecule has 1 amide bonds. The van der Waals surface area contributed by atoms with Crippen molar-refractivity contribution in [1.82, 2.24) is 15.0 Å². The number of imidazole rings is 1. The van der Waals surface area contributed by atoms with Gasteiger partial charge in [-0.2, -0.15) is 0 Å². The van der Waals surface area contributed by atoms with E-state index in [0.717, 1.165) is 16.4 Å². The minimum atomic E-state index is -0.973. The van der Waals surface area contributed by atoms with E-state index >= 15 is 0 Å². The zero-order valence-corrected chi connectivity index (χ0v) is 16.6. The fraction of sp³-hybridized carbons (Fsp3) is 0.0417. The summed E-state index contributed by atoms with van der Waals surface area (Å²) >= 11 is 0. The van der Waals surface area contributed by atoms with E-state index in [0.29, 0.717) is 16.8 Å². The molecule has 5 aromatic rings. The van der Waals surface area contributed by atoms with Crippen LogP contribution in [0.15, 0.2) is 83.1 Å². The van der Waals surface area contributed by atoms with Crippen molar-refractivity contribution >= 4 is 45.3 Å². The average Bonchev–Trinajstić information content (AvgIpc) is 3.59. The maximum atomic E-state index is 13.2. The van der Waals surface area contributed by atoms with Crippen molar-refractivity contribution in [1.29, 1.82) is 0 Å². The predicted molar refractivity (Wildman–Crippen MR) is 118 cm³/mol. The molecule has 8 nitrogen and oxygen atoms in total. The minimum absolute atomic E-state index is 0.0600. The Kier molecular flexibility index (Phi) is 3.82. The molecule has 1 aliphatic rings. The van der Waals surface area contributed by atoms with Crippen LogP contribution in [0.3, 0.4) is 0 Å². The third-order valence-electron chi connectivity index (χ3n) is 5.71. The Morgan fingerprint density at radius 1 is 1.00 bits per heavy atom. The lowest BCUT2D eigenvalue weighted by Gasteiger charge is -2.20. The fourth-order valence-corrected chi connectivity index (χ4v) is 4.23. The molecular formula is C24H16N4O4. The van der Waals surface area contributed by atoms with Crippen LogP contribution in [0.25, 0.3) is 27.7 Å². The van der Waals surface area contributed by atoms with Gasteiger partial charge in [0.05, 0.1) is 22.9 Å². The lowest BCUT2D eigenvalue weighted by molar-refractivity contribution is -0.132. The molecule has 1 saturated heterocycles. The van der Waals surface area contributed by atoms with Crippen LogP contribution in [0.5, 0.6) is 0 Å². The third kappa shape index (κ3) is 2.53. The van der Waals surface area contributed by atoms with Crippen LogP contribution in [-0.4, -0.2) is 31.7 Å². The molecule has 3 aromatic heterocycles. The number of Topliss-reactive ketones (excluding diaryl/α,β-unsaturated/α-hetero) is 1. The van der Waals surface area contributed by atoms with Crippen molar-refractivity contribution in [3.63, 3.8) is 0 Å². The SMILES string of the molecule is O=C1C(=O)N(c2nc3ccccc3[nH]2)C(c2ccco2)/C1=C(\O)c1c[nH]c2ccccc12. The fourth-order valence-electron chi connectivity index (χ4n) is 4.23. The topological polar surface area (TPSA) is 115 Å². The molecule has 0 radical (unpaired) electrons. The van der Waals surface area contributed by atoms with E-state index in [1.54, 1.807) is 24.4 Å². The number of nitrogens with one attached hydrogen (secondary N) is 2. The normalized spacial score (nSPS) is 18.2. The second-order valence-electron chi connectivity index (χ2n) is 7.51. The molecule has 6 rings (SSSR count). The Morgan fingerprint density at radius 2 is 1.78 bits per heavy atom. The largest absolute Gasteiger partial charge is 0.507 e. The number of carbonyl (C=O) groups is 2. The minimum Gasteiger partial charge on any atom is -0.507 e. The number of anilines is 1. The number of hydrogen-bond donors (Lipinski definition) is 3. The summed E-state index contributed by atoms with van der Waals surface area (Å²) in [5.74, 6) is -1.35. The highest BCUT2D eigenvalue weighted by atomic mass is 16.3. The summed E-state index contributed by atoms with van der Waals surface area (Å²) in [5, 5.41) is 12.0. The average molecular weight is 424 g/mol. The molecule has 1 atom stereocenters. The molecule has 2 aromatic carbocycles. The molecule has 0 aliphatic carbocycles. The first-order chi connectivity index (χ1) is 15.6. The van der Waals surface area contributed by atoms with Crippen LogP contribution in [0.4, 0.5) is 5.95 Å². The molecule has 3 N–H and O–H groups in total. The second-order valence-corrected chi connectivity index (χ2v) is 7.51. The van der Waals surface area contributed by atoms with Crippen molar-refractivity contribution in [2.75, 3.05) is 4.90 Å². The molecular weight excluding hydrogens is 408 g/mol. The van der Waals surface area contributed by atoms with Crippen LogP contribution in [0.2, 0.25) is 0 Å². The van der Waals surface area contributed by atoms with Gasteiger partial charge in [0.2, 0.25) is 5.95 Å². The second kappa shape index (κ2) is 6.71. The number of rotatable bonds is 3. The highest BCUT2D eigenvalue weighted by Crippen LogP contribution is 2.42. The molecule has 4 heterocycles. The van der Waals surface area contributed by atoms with Crippen LogP contribution in [-0.2, 0) is 9.59 Å². The summed E-state index contributed by atoms with van der Waals surface area (Å²) in [6.45, 7) is 0. The number of amides is 1. The quantitative estimate of drug-likeness (QED) is 0.227. The van der Waals surface area contributed by atoms with E-state index in [1.165, 1.54) is 11.2 Å². The number of hydrogen-bond acceptors (Lipinski definition) is 5. The van der Waals surface area contributed by atoms with Crippen molar-refractivity contribution in [3.05, 3.63) is 90.0 Å². The Balaban J connectivity index is 1.58. The maximum absolute atomic E-state index is 13.2. The molecule has 1 fully saturated rings. The lowest BCUT2D eigenvalue weighted by Crippen LogP contribution is -2.30. The zero-order chi connectivity index (χ0) is 21.8. The smallest absolute Gasteiger partial charge is 0.302 e. The van der Waals surface area contributed by atoms with Crippen molar-refractivity contribution in [2.45, 2.75) is 6.04 Å². The summed E-state index contributed by atoms with van der Waals surface area (Å²) in [4.78, 5) is 38.2. The number of para-hydroxylation sites is 3. The number of H-pyrrole nitrogens is 2. The maximum Gasteiger partial charge on any atom is 0.302 e. The van der Waals surface area contributed by atoms with Gasteiger partial charge < -0.3 is 19.5 Å². The molecule has 8 heteroatoms. The van der Waals surface area contributed by atoms with Gasteiger partial charge in [0.25, 0.3) is 5.78 Å². The molecule has 156 valence electrons. The number of carbonyl (C=O) groups excluding carboxylic acids is 2. The lowest BCUT2D eigenvalue weighted by atomic mass is 9.99. The summed E-state index contributed by atoms with van der Waals surface area (Å²) in [7, 11) is 0. The van der Waals surface area contributed by atoms with Crippen molar-refractivity contribution in [3.8, 4) is 0 Å². The highest BCUT2D eigenvalue weighted by Gasteiger charge is 2.49. The van der Waals surface area contributed by atoms with Crippen LogP contribution in [0.1, 0.15) is 17.4 Å². The van der Waals surface area contributed by atoms with Crippen LogP contribution >= 0.6 is 0 Å².